The Morgan fingerprint density at radius 1 is 1.17 bits per heavy atom. The molecule has 0 heterocycles. The minimum atomic E-state index is -0.600. The maximum absolute atomic E-state index is 9.81. The molecule has 0 spiro atoms. The van der Waals surface area contributed by atoms with E-state index in [-0.39, 0.29) is 0 Å². The fourth-order valence-electron chi connectivity index (χ4n) is 1.86. The predicted octanol–water partition coefficient (Wildman–Crippen LogP) is 2.00. The molecule has 1 rings (SSSR count). The molecule has 0 fully saturated rings. The number of hydrogen-bond acceptors (Lipinski definition) is 3. The third-order valence-electron chi connectivity index (χ3n) is 2.97. The summed E-state index contributed by atoms with van der Waals surface area (Å²) in [6.45, 7) is 7.25. The lowest BCUT2D eigenvalue weighted by Crippen LogP contribution is -2.32. The van der Waals surface area contributed by atoms with Crippen LogP contribution in [-0.2, 0) is 6.54 Å². The molecule has 0 amide bonds. The number of benzene rings is 1. The number of hydrogen-bond donors (Lipinski definition) is 2. The van der Waals surface area contributed by atoms with Crippen molar-refractivity contribution < 1.29 is 5.11 Å². The van der Waals surface area contributed by atoms with E-state index in [0.717, 1.165) is 32.5 Å². The van der Waals surface area contributed by atoms with Gasteiger partial charge in [-0.15, -0.1) is 0 Å². The lowest BCUT2D eigenvalue weighted by molar-refractivity contribution is 0.0564. The topological polar surface area (TPSA) is 49.5 Å². The summed E-state index contributed by atoms with van der Waals surface area (Å²) < 4.78 is 0. The van der Waals surface area contributed by atoms with Gasteiger partial charge in [0, 0.05) is 13.1 Å². The molecule has 18 heavy (non-hydrogen) atoms. The van der Waals surface area contributed by atoms with Crippen LogP contribution in [-0.4, -0.2) is 35.2 Å². The van der Waals surface area contributed by atoms with Crippen molar-refractivity contribution in [3.05, 3.63) is 35.9 Å². The Labute approximate surface area is 111 Å². The molecule has 0 unspecified atom stereocenters. The monoisotopic (exact) mass is 250 g/mol. The summed E-state index contributed by atoms with van der Waals surface area (Å²) in [7, 11) is 0. The van der Waals surface area contributed by atoms with Crippen LogP contribution in [0.15, 0.2) is 30.3 Å². The average Bonchev–Trinajstić information content (AvgIpc) is 2.33. The second kappa shape index (κ2) is 7.52. The molecule has 3 heteroatoms. The van der Waals surface area contributed by atoms with Gasteiger partial charge in [0.15, 0.2) is 0 Å². The van der Waals surface area contributed by atoms with Crippen molar-refractivity contribution in [1.29, 1.82) is 0 Å². The summed E-state index contributed by atoms with van der Waals surface area (Å²) in [5.74, 6) is 0. The van der Waals surface area contributed by atoms with Gasteiger partial charge in [0.05, 0.1) is 5.60 Å². The van der Waals surface area contributed by atoms with Crippen molar-refractivity contribution in [3.63, 3.8) is 0 Å². The third kappa shape index (κ3) is 6.74. The second-order valence-electron chi connectivity index (χ2n) is 5.47. The van der Waals surface area contributed by atoms with Gasteiger partial charge in [0.25, 0.3) is 0 Å². The maximum atomic E-state index is 9.81. The van der Waals surface area contributed by atoms with Crippen molar-refractivity contribution in [2.45, 2.75) is 38.8 Å². The smallest absolute Gasteiger partial charge is 0.0603 e. The molecule has 0 saturated heterocycles. The van der Waals surface area contributed by atoms with Crippen molar-refractivity contribution in [3.8, 4) is 0 Å². The Morgan fingerprint density at radius 3 is 2.39 bits per heavy atom. The summed E-state index contributed by atoms with van der Waals surface area (Å²) >= 11 is 0. The highest BCUT2D eigenvalue weighted by Gasteiger charge is 2.15. The normalized spacial score (nSPS) is 12.1. The van der Waals surface area contributed by atoms with Gasteiger partial charge >= 0.3 is 0 Å². The predicted molar refractivity (Wildman–Crippen MR) is 76.3 cm³/mol. The Kier molecular flexibility index (Phi) is 6.33. The molecule has 0 atom stereocenters. The Morgan fingerprint density at radius 2 is 1.83 bits per heavy atom. The summed E-state index contributed by atoms with van der Waals surface area (Å²) in [5, 5.41) is 9.81. The Balaban J connectivity index is 2.50. The first-order chi connectivity index (χ1) is 8.51. The zero-order chi connectivity index (χ0) is 13.4. The third-order valence-corrected chi connectivity index (χ3v) is 2.97. The standard InChI is InChI=1S/C15H26N2O/c1-15(2,18)9-12-17(11-6-10-16)13-14-7-4-3-5-8-14/h3-5,7-8,18H,6,9-13,16H2,1-2H3. The van der Waals surface area contributed by atoms with Gasteiger partial charge in [-0.2, -0.15) is 0 Å². The molecule has 0 aliphatic heterocycles. The molecule has 3 N–H and O–H groups in total. The van der Waals surface area contributed by atoms with Gasteiger partial charge in [0.1, 0.15) is 0 Å². The highest BCUT2D eigenvalue weighted by molar-refractivity contribution is 5.14. The first-order valence-electron chi connectivity index (χ1n) is 6.70. The van der Waals surface area contributed by atoms with Crippen LogP contribution in [0.5, 0.6) is 0 Å². The van der Waals surface area contributed by atoms with Crippen molar-refractivity contribution in [2.75, 3.05) is 19.6 Å². The van der Waals surface area contributed by atoms with E-state index in [1.54, 1.807) is 0 Å². The fraction of sp³-hybridized carbons (Fsp3) is 0.600. The van der Waals surface area contributed by atoms with Gasteiger partial charge < -0.3 is 10.8 Å². The molecule has 0 aliphatic carbocycles. The van der Waals surface area contributed by atoms with Crippen LogP contribution in [0.25, 0.3) is 0 Å². The molecule has 3 nitrogen and oxygen atoms in total. The summed E-state index contributed by atoms with van der Waals surface area (Å²) in [5.41, 5.74) is 6.29. The molecular formula is C15H26N2O. The van der Waals surface area contributed by atoms with Crippen LogP contribution in [0, 0.1) is 0 Å². The van der Waals surface area contributed by atoms with Crippen LogP contribution < -0.4 is 5.73 Å². The molecule has 1 aromatic carbocycles. The molecule has 1 aromatic rings. The summed E-state index contributed by atoms with van der Waals surface area (Å²) in [6, 6.07) is 10.4. The second-order valence-corrected chi connectivity index (χ2v) is 5.47. The number of aliphatic hydroxyl groups is 1. The average molecular weight is 250 g/mol. The van der Waals surface area contributed by atoms with E-state index >= 15 is 0 Å². The molecular weight excluding hydrogens is 224 g/mol. The van der Waals surface area contributed by atoms with E-state index in [2.05, 4.69) is 29.2 Å². The van der Waals surface area contributed by atoms with Crippen molar-refractivity contribution >= 4 is 0 Å². The molecule has 0 saturated carbocycles. The van der Waals surface area contributed by atoms with Gasteiger partial charge in [-0.1, -0.05) is 30.3 Å². The molecule has 0 radical (unpaired) electrons. The van der Waals surface area contributed by atoms with Gasteiger partial charge in [-0.3, -0.25) is 4.90 Å². The largest absolute Gasteiger partial charge is 0.390 e. The van der Waals surface area contributed by atoms with Crippen LogP contribution in [0.3, 0.4) is 0 Å². The molecule has 0 aromatic heterocycles. The van der Waals surface area contributed by atoms with Gasteiger partial charge in [-0.05, 0) is 45.3 Å². The highest BCUT2D eigenvalue weighted by atomic mass is 16.3. The van der Waals surface area contributed by atoms with E-state index in [1.165, 1.54) is 5.56 Å². The van der Waals surface area contributed by atoms with E-state index in [1.807, 2.05) is 19.9 Å². The molecule has 102 valence electrons. The number of nitrogens with two attached hydrogens (primary N) is 1. The number of rotatable bonds is 8. The van der Waals surface area contributed by atoms with Crippen LogP contribution in [0.2, 0.25) is 0 Å². The molecule has 0 bridgehead atoms. The molecule has 0 aliphatic rings. The number of nitrogens with zero attached hydrogens (tertiary/aromatic N) is 1. The fourth-order valence-corrected chi connectivity index (χ4v) is 1.86. The first-order valence-corrected chi connectivity index (χ1v) is 6.70. The van der Waals surface area contributed by atoms with Crippen LogP contribution >= 0.6 is 0 Å². The SMILES string of the molecule is CC(C)(O)CCN(CCCN)Cc1ccccc1. The summed E-state index contributed by atoms with van der Waals surface area (Å²) in [4.78, 5) is 2.36. The van der Waals surface area contributed by atoms with E-state index in [0.29, 0.717) is 6.54 Å². The van der Waals surface area contributed by atoms with E-state index < -0.39 is 5.60 Å². The first kappa shape index (κ1) is 15.2. The Hall–Kier alpha value is -0.900. The minimum Gasteiger partial charge on any atom is -0.390 e. The van der Waals surface area contributed by atoms with Crippen LogP contribution in [0.4, 0.5) is 0 Å². The Bertz CT molecular complexity index is 319. The lowest BCUT2D eigenvalue weighted by Gasteiger charge is -2.26. The van der Waals surface area contributed by atoms with Crippen molar-refractivity contribution in [1.82, 2.24) is 4.90 Å². The zero-order valence-corrected chi connectivity index (χ0v) is 11.6. The van der Waals surface area contributed by atoms with Gasteiger partial charge in [0.2, 0.25) is 0 Å². The van der Waals surface area contributed by atoms with Gasteiger partial charge in [-0.25, -0.2) is 0 Å². The van der Waals surface area contributed by atoms with Crippen molar-refractivity contribution in [2.24, 2.45) is 5.73 Å². The highest BCUT2D eigenvalue weighted by Crippen LogP contribution is 2.11. The lowest BCUT2D eigenvalue weighted by atomic mass is 10.1. The summed E-state index contributed by atoms with van der Waals surface area (Å²) in [6.07, 6.45) is 1.78. The quantitative estimate of drug-likeness (QED) is 0.742. The van der Waals surface area contributed by atoms with E-state index in [9.17, 15) is 5.11 Å². The van der Waals surface area contributed by atoms with Crippen LogP contribution in [0.1, 0.15) is 32.3 Å². The zero-order valence-electron chi connectivity index (χ0n) is 11.6. The minimum absolute atomic E-state index is 0.600. The maximum Gasteiger partial charge on any atom is 0.0603 e. The van der Waals surface area contributed by atoms with E-state index in [4.69, 9.17) is 5.73 Å².